The Bertz CT molecular complexity index is 320. The molecule has 0 fully saturated rings. The van der Waals surface area contributed by atoms with Gasteiger partial charge in [-0.25, -0.2) is 0 Å². The molecule has 0 aromatic heterocycles. The quantitative estimate of drug-likeness (QED) is 0.157. The summed E-state index contributed by atoms with van der Waals surface area (Å²) in [6.07, 6.45) is -15.5. The van der Waals surface area contributed by atoms with E-state index >= 15 is 0 Å². The fourth-order valence-corrected chi connectivity index (χ4v) is 1.63. The topological polar surface area (TPSA) is 205 Å². The lowest BCUT2D eigenvalue weighted by molar-refractivity contribution is -0.180. The van der Waals surface area contributed by atoms with Gasteiger partial charge in [-0.2, -0.15) is 0 Å². The molecule has 23 heavy (non-hydrogen) atoms. The molecule has 11 heteroatoms. The van der Waals surface area contributed by atoms with E-state index in [0.717, 1.165) is 0 Å². The Morgan fingerprint density at radius 1 is 0.652 bits per heavy atom. The first-order valence-electron chi connectivity index (χ1n) is 6.61. The predicted octanol–water partition coefficient (Wildman–Crippen LogP) is -5.71. The van der Waals surface area contributed by atoms with Crippen molar-refractivity contribution < 1.29 is 55.2 Å². The SMILES string of the molecule is O=C[C@@H](O[C@H](C=O)[C@@H](O)[C@H](O)[C@H](O)CO)[C@@H](O)[C@H](O)[C@H](O)CO. The summed E-state index contributed by atoms with van der Waals surface area (Å²) in [5.41, 5.74) is 0. The van der Waals surface area contributed by atoms with Crippen LogP contribution in [0.2, 0.25) is 0 Å². The standard InChI is InChI=1S/C12H22O11/c13-1-5(17)9(19)11(21)7(3-15)23-8(4-16)12(22)10(20)6(18)2-14/h3-14,17-22H,1-2H2/t5-,6-,7-,8-,9-,10-,11-,12-/m1/s1. The smallest absolute Gasteiger partial charge is 0.151 e. The zero-order valence-corrected chi connectivity index (χ0v) is 12.0. The molecule has 0 saturated heterocycles. The third-order valence-electron chi connectivity index (χ3n) is 3.12. The van der Waals surface area contributed by atoms with Crippen molar-refractivity contribution in [2.24, 2.45) is 0 Å². The molecular formula is C12H22O11. The van der Waals surface area contributed by atoms with Crippen LogP contribution in [0.1, 0.15) is 0 Å². The Balaban J connectivity index is 4.98. The molecule has 0 spiro atoms. The van der Waals surface area contributed by atoms with Gasteiger partial charge in [-0.15, -0.1) is 0 Å². The molecule has 0 unspecified atom stereocenters. The van der Waals surface area contributed by atoms with E-state index < -0.39 is 62.0 Å². The fourth-order valence-electron chi connectivity index (χ4n) is 1.63. The van der Waals surface area contributed by atoms with E-state index in [4.69, 9.17) is 14.9 Å². The molecule has 0 aromatic rings. The number of aliphatic hydroxyl groups is 8. The lowest BCUT2D eigenvalue weighted by atomic mass is 10.0. The first-order valence-corrected chi connectivity index (χ1v) is 6.61. The zero-order valence-electron chi connectivity index (χ0n) is 12.0. The summed E-state index contributed by atoms with van der Waals surface area (Å²) >= 11 is 0. The largest absolute Gasteiger partial charge is 0.394 e. The van der Waals surface area contributed by atoms with Gasteiger partial charge in [0, 0.05) is 0 Å². The van der Waals surface area contributed by atoms with E-state index in [0.29, 0.717) is 0 Å². The maximum atomic E-state index is 10.9. The third-order valence-corrected chi connectivity index (χ3v) is 3.12. The van der Waals surface area contributed by atoms with Gasteiger partial charge in [-0.05, 0) is 0 Å². The van der Waals surface area contributed by atoms with E-state index in [2.05, 4.69) is 0 Å². The molecule has 0 aliphatic carbocycles. The molecule has 0 aromatic carbocycles. The minimum atomic E-state index is -2.05. The Morgan fingerprint density at radius 3 is 1.17 bits per heavy atom. The molecule has 11 nitrogen and oxygen atoms in total. The van der Waals surface area contributed by atoms with Gasteiger partial charge in [-0.1, -0.05) is 0 Å². The van der Waals surface area contributed by atoms with Gasteiger partial charge < -0.3 is 55.2 Å². The first-order chi connectivity index (χ1) is 10.7. The van der Waals surface area contributed by atoms with E-state index in [-0.39, 0.29) is 12.6 Å². The van der Waals surface area contributed by atoms with Gasteiger partial charge in [0.1, 0.15) is 48.8 Å². The van der Waals surface area contributed by atoms with Crippen LogP contribution in [0.5, 0.6) is 0 Å². The molecule has 0 bridgehead atoms. The first kappa shape index (κ1) is 22.0. The van der Waals surface area contributed by atoms with Crippen molar-refractivity contribution in [1.82, 2.24) is 0 Å². The molecule has 0 radical (unpaired) electrons. The van der Waals surface area contributed by atoms with E-state index in [1.54, 1.807) is 0 Å². The van der Waals surface area contributed by atoms with Gasteiger partial charge >= 0.3 is 0 Å². The number of hydrogen-bond donors (Lipinski definition) is 8. The highest BCUT2D eigenvalue weighted by atomic mass is 16.5. The molecule has 0 amide bonds. The molecule has 0 aliphatic heterocycles. The van der Waals surface area contributed by atoms with Crippen LogP contribution in [0.4, 0.5) is 0 Å². The number of ether oxygens (including phenoxy) is 1. The number of hydrogen-bond acceptors (Lipinski definition) is 11. The summed E-state index contributed by atoms with van der Waals surface area (Å²) in [5.74, 6) is 0. The van der Waals surface area contributed by atoms with Gasteiger partial charge in [-0.3, -0.25) is 0 Å². The zero-order chi connectivity index (χ0) is 18.2. The minimum absolute atomic E-state index is 0.0317. The van der Waals surface area contributed by atoms with Gasteiger partial charge in [0.15, 0.2) is 12.6 Å². The van der Waals surface area contributed by atoms with Crippen molar-refractivity contribution in [2.75, 3.05) is 13.2 Å². The molecule has 8 atom stereocenters. The maximum Gasteiger partial charge on any atom is 0.151 e. The fraction of sp³-hybridized carbons (Fsp3) is 0.833. The summed E-state index contributed by atoms with van der Waals surface area (Å²) < 4.78 is 4.76. The number of carbonyl (C=O) groups excluding carboxylic acids is 2. The van der Waals surface area contributed by atoms with Crippen molar-refractivity contribution in [1.29, 1.82) is 0 Å². The molecule has 0 rings (SSSR count). The third kappa shape index (κ3) is 6.18. The molecule has 136 valence electrons. The maximum absolute atomic E-state index is 10.9. The second-order valence-corrected chi connectivity index (χ2v) is 4.80. The van der Waals surface area contributed by atoms with Crippen LogP contribution in [0.25, 0.3) is 0 Å². The number of aliphatic hydroxyl groups excluding tert-OH is 8. The normalized spacial score (nSPS) is 22.3. The number of carbonyl (C=O) groups is 2. The molecule has 0 heterocycles. The highest BCUT2D eigenvalue weighted by Gasteiger charge is 2.37. The van der Waals surface area contributed by atoms with E-state index in [9.17, 15) is 40.2 Å². The van der Waals surface area contributed by atoms with Crippen molar-refractivity contribution in [3.05, 3.63) is 0 Å². The summed E-state index contributed by atoms with van der Waals surface area (Å²) in [6, 6.07) is 0. The average Bonchev–Trinajstić information content (AvgIpc) is 2.58. The Kier molecular flexibility index (Phi) is 10.2. The van der Waals surface area contributed by atoms with Crippen LogP contribution >= 0.6 is 0 Å². The van der Waals surface area contributed by atoms with Crippen LogP contribution in [0, 0.1) is 0 Å². The lowest BCUT2D eigenvalue weighted by Crippen LogP contribution is -2.52. The molecule has 8 N–H and O–H groups in total. The van der Waals surface area contributed by atoms with Crippen molar-refractivity contribution in [2.45, 2.75) is 48.8 Å². The molecule has 0 saturated carbocycles. The number of rotatable bonds is 12. The second kappa shape index (κ2) is 10.7. The van der Waals surface area contributed by atoms with Crippen molar-refractivity contribution >= 4 is 12.6 Å². The van der Waals surface area contributed by atoms with Crippen LogP contribution in [-0.2, 0) is 14.3 Å². The van der Waals surface area contributed by atoms with Crippen molar-refractivity contribution in [3.63, 3.8) is 0 Å². The van der Waals surface area contributed by atoms with Crippen LogP contribution in [0.3, 0.4) is 0 Å². The van der Waals surface area contributed by atoms with E-state index in [1.165, 1.54) is 0 Å². The summed E-state index contributed by atoms with van der Waals surface area (Å²) in [5, 5.41) is 74.0. The minimum Gasteiger partial charge on any atom is -0.394 e. The summed E-state index contributed by atoms with van der Waals surface area (Å²) in [6.45, 7) is -1.85. The Hall–Kier alpha value is -1.02. The van der Waals surface area contributed by atoms with Gasteiger partial charge in [0.25, 0.3) is 0 Å². The highest BCUT2D eigenvalue weighted by molar-refractivity contribution is 5.61. The summed E-state index contributed by atoms with van der Waals surface area (Å²) in [4.78, 5) is 21.8. The summed E-state index contributed by atoms with van der Waals surface area (Å²) in [7, 11) is 0. The predicted molar refractivity (Wildman–Crippen MR) is 71.0 cm³/mol. The second-order valence-electron chi connectivity index (χ2n) is 4.80. The Morgan fingerprint density at radius 2 is 0.957 bits per heavy atom. The van der Waals surface area contributed by atoms with Crippen molar-refractivity contribution in [3.8, 4) is 0 Å². The van der Waals surface area contributed by atoms with Crippen LogP contribution in [0.15, 0.2) is 0 Å². The highest BCUT2D eigenvalue weighted by Crippen LogP contribution is 2.13. The molecular weight excluding hydrogens is 320 g/mol. The van der Waals surface area contributed by atoms with Gasteiger partial charge in [0.2, 0.25) is 0 Å². The Labute approximate surface area is 131 Å². The van der Waals surface area contributed by atoms with Crippen LogP contribution < -0.4 is 0 Å². The molecule has 0 aliphatic rings. The van der Waals surface area contributed by atoms with Crippen LogP contribution in [-0.4, -0.2) is 115 Å². The monoisotopic (exact) mass is 342 g/mol. The average molecular weight is 342 g/mol. The number of aldehydes is 2. The lowest BCUT2D eigenvalue weighted by Gasteiger charge is -2.30. The van der Waals surface area contributed by atoms with Gasteiger partial charge in [0.05, 0.1) is 13.2 Å². The van der Waals surface area contributed by atoms with E-state index in [1.807, 2.05) is 0 Å².